The molecule has 0 aliphatic rings. The number of nitrogens with zero attached hydrogens (tertiary/aromatic N) is 1. The van der Waals surface area contributed by atoms with Gasteiger partial charge in [0.1, 0.15) is 0 Å². The molecule has 1 amide bonds. The molecule has 1 heterocycles. The van der Waals surface area contributed by atoms with Crippen LogP contribution >= 0.6 is 0 Å². The molecule has 0 spiro atoms. The van der Waals surface area contributed by atoms with Crippen LogP contribution in [-0.2, 0) is 7.05 Å². The lowest BCUT2D eigenvalue weighted by Crippen LogP contribution is -2.40. The number of carbonyl (C=O) groups excluding carboxylic acids is 2. The Balaban J connectivity index is 1.91. The smallest absolute Gasteiger partial charge is 0.251 e. The van der Waals surface area contributed by atoms with Gasteiger partial charge < -0.3 is 20.1 Å². The highest BCUT2D eigenvalue weighted by Crippen LogP contribution is 2.31. The highest BCUT2D eigenvalue weighted by Gasteiger charge is 2.22. The summed E-state index contributed by atoms with van der Waals surface area (Å²) in [5.74, 6) is -0.728. The number of carbonyl (C=O) groups is 2. The van der Waals surface area contributed by atoms with Crippen molar-refractivity contribution in [3.63, 3.8) is 0 Å². The Labute approximate surface area is 192 Å². The number of Topliss-reactive ketones (excluding diaryl/α,β-unsaturated/α-hetero) is 1. The highest BCUT2D eigenvalue weighted by atomic mass is 16.3. The second kappa shape index (κ2) is 10.8. The standard InChI is InChI=1S/C26H28N2O5/c1-17-5-3-4-6-22(17)23(13-24(31)20-11-12-25(32)28(2)14-20)18-7-9-19(10-8-18)26(33)27-21(15-29)16-30/h3-12,14,21,23,29-30H,13,15-16H2,1-2H3,(H,27,33). The summed E-state index contributed by atoms with van der Waals surface area (Å²) >= 11 is 0. The summed E-state index contributed by atoms with van der Waals surface area (Å²) in [6, 6.07) is 17.0. The monoisotopic (exact) mass is 448 g/mol. The number of pyridine rings is 1. The van der Waals surface area contributed by atoms with Crippen molar-refractivity contribution in [3.8, 4) is 0 Å². The second-order valence-corrected chi connectivity index (χ2v) is 8.06. The van der Waals surface area contributed by atoms with Gasteiger partial charge in [-0.25, -0.2) is 0 Å². The Morgan fingerprint density at radius 2 is 1.58 bits per heavy atom. The fraction of sp³-hybridized carbons (Fsp3) is 0.269. The maximum Gasteiger partial charge on any atom is 0.251 e. The number of aliphatic hydroxyl groups excluding tert-OH is 2. The van der Waals surface area contributed by atoms with E-state index in [1.54, 1.807) is 31.4 Å². The van der Waals surface area contributed by atoms with Gasteiger partial charge in [0.15, 0.2) is 5.78 Å². The van der Waals surface area contributed by atoms with Gasteiger partial charge in [0.05, 0.1) is 19.3 Å². The maximum atomic E-state index is 13.1. The number of benzene rings is 2. The molecule has 3 rings (SSSR count). The van der Waals surface area contributed by atoms with E-state index in [1.807, 2.05) is 43.3 Å². The van der Waals surface area contributed by atoms with Crippen molar-refractivity contribution in [1.29, 1.82) is 0 Å². The van der Waals surface area contributed by atoms with Gasteiger partial charge >= 0.3 is 0 Å². The minimum absolute atomic E-state index is 0.0885. The Morgan fingerprint density at radius 1 is 0.939 bits per heavy atom. The lowest BCUT2D eigenvalue weighted by atomic mass is 9.83. The van der Waals surface area contributed by atoms with Crippen LogP contribution in [0.3, 0.4) is 0 Å². The molecule has 2 aromatic carbocycles. The average Bonchev–Trinajstić information content (AvgIpc) is 2.83. The Bertz CT molecular complexity index is 1180. The lowest BCUT2D eigenvalue weighted by Gasteiger charge is -2.20. The minimum atomic E-state index is -0.726. The van der Waals surface area contributed by atoms with E-state index in [-0.39, 0.29) is 36.9 Å². The molecule has 33 heavy (non-hydrogen) atoms. The molecule has 0 saturated carbocycles. The number of ketones is 1. The highest BCUT2D eigenvalue weighted by molar-refractivity contribution is 5.97. The molecule has 0 aliphatic carbocycles. The molecule has 172 valence electrons. The van der Waals surface area contributed by atoms with Crippen LogP contribution in [-0.4, -0.2) is 45.7 Å². The van der Waals surface area contributed by atoms with Gasteiger partial charge in [0, 0.05) is 42.8 Å². The summed E-state index contributed by atoms with van der Waals surface area (Å²) in [7, 11) is 1.61. The van der Waals surface area contributed by atoms with E-state index < -0.39 is 11.9 Å². The van der Waals surface area contributed by atoms with Crippen molar-refractivity contribution in [2.45, 2.75) is 25.3 Å². The van der Waals surface area contributed by atoms with Gasteiger partial charge in [-0.3, -0.25) is 14.4 Å². The normalized spacial score (nSPS) is 11.9. The van der Waals surface area contributed by atoms with Crippen LogP contribution in [0.2, 0.25) is 0 Å². The first-order valence-corrected chi connectivity index (χ1v) is 10.7. The van der Waals surface area contributed by atoms with Crippen LogP contribution < -0.4 is 10.9 Å². The largest absolute Gasteiger partial charge is 0.394 e. The predicted molar refractivity (Wildman–Crippen MR) is 126 cm³/mol. The third-order valence-electron chi connectivity index (χ3n) is 5.71. The van der Waals surface area contributed by atoms with Crippen LogP contribution in [0.5, 0.6) is 0 Å². The quantitative estimate of drug-likeness (QED) is 0.435. The fourth-order valence-electron chi connectivity index (χ4n) is 3.73. The van der Waals surface area contributed by atoms with E-state index >= 15 is 0 Å². The van der Waals surface area contributed by atoms with E-state index in [1.165, 1.54) is 10.6 Å². The Hall–Kier alpha value is -3.55. The van der Waals surface area contributed by atoms with Crippen molar-refractivity contribution in [1.82, 2.24) is 9.88 Å². The molecule has 0 fully saturated rings. The first-order valence-electron chi connectivity index (χ1n) is 10.7. The number of amides is 1. The molecule has 1 aromatic heterocycles. The van der Waals surface area contributed by atoms with Crippen molar-refractivity contribution in [2.75, 3.05) is 13.2 Å². The topological polar surface area (TPSA) is 109 Å². The molecule has 0 bridgehead atoms. The number of aryl methyl sites for hydroxylation is 2. The molecule has 1 unspecified atom stereocenters. The maximum absolute atomic E-state index is 13.1. The summed E-state index contributed by atoms with van der Waals surface area (Å²) in [5, 5.41) is 20.9. The molecule has 0 aliphatic heterocycles. The van der Waals surface area contributed by atoms with Crippen LogP contribution in [0.25, 0.3) is 0 Å². The zero-order chi connectivity index (χ0) is 24.0. The molecule has 1 atom stereocenters. The zero-order valence-corrected chi connectivity index (χ0v) is 18.7. The molecule has 7 heteroatoms. The van der Waals surface area contributed by atoms with Gasteiger partial charge in [-0.1, -0.05) is 36.4 Å². The third kappa shape index (κ3) is 5.83. The third-order valence-corrected chi connectivity index (χ3v) is 5.71. The van der Waals surface area contributed by atoms with Gasteiger partial charge in [-0.15, -0.1) is 0 Å². The summed E-state index contributed by atoms with van der Waals surface area (Å²) in [4.78, 5) is 37.2. The summed E-state index contributed by atoms with van der Waals surface area (Å²) in [6.07, 6.45) is 1.75. The molecule has 0 radical (unpaired) electrons. The van der Waals surface area contributed by atoms with Crippen LogP contribution in [0.15, 0.2) is 71.7 Å². The molecule has 3 aromatic rings. The molecular formula is C26H28N2O5. The van der Waals surface area contributed by atoms with E-state index in [9.17, 15) is 24.6 Å². The fourth-order valence-corrected chi connectivity index (χ4v) is 3.73. The Morgan fingerprint density at radius 3 is 2.18 bits per heavy atom. The average molecular weight is 449 g/mol. The van der Waals surface area contributed by atoms with Gasteiger partial charge in [0.25, 0.3) is 5.91 Å². The van der Waals surface area contributed by atoms with Gasteiger partial charge in [-0.05, 0) is 41.8 Å². The number of nitrogens with one attached hydrogen (secondary N) is 1. The minimum Gasteiger partial charge on any atom is -0.394 e. The molecular weight excluding hydrogens is 420 g/mol. The van der Waals surface area contributed by atoms with Gasteiger partial charge in [-0.2, -0.15) is 0 Å². The lowest BCUT2D eigenvalue weighted by molar-refractivity contribution is 0.0879. The molecule has 3 N–H and O–H groups in total. The van der Waals surface area contributed by atoms with Crippen LogP contribution in [0, 0.1) is 6.92 Å². The van der Waals surface area contributed by atoms with Crippen molar-refractivity contribution in [3.05, 3.63) is 105 Å². The number of aliphatic hydroxyl groups is 2. The van der Waals surface area contributed by atoms with Crippen molar-refractivity contribution < 1.29 is 19.8 Å². The van der Waals surface area contributed by atoms with Crippen molar-refractivity contribution in [2.24, 2.45) is 7.05 Å². The summed E-state index contributed by atoms with van der Waals surface area (Å²) in [6.45, 7) is 1.27. The molecule has 0 saturated heterocycles. The summed E-state index contributed by atoms with van der Waals surface area (Å²) in [5.41, 5.74) is 3.60. The number of hydrogen-bond acceptors (Lipinski definition) is 5. The SMILES string of the molecule is Cc1ccccc1C(CC(=O)c1ccc(=O)n(C)c1)c1ccc(C(=O)NC(CO)CO)cc1. The van der Waals surface area contributed by atoms with Gasteiger partial charge in [0.2, 0.25) is 5.56 Å². The second-order valence-electron chi connectivity index (χ2n) is 8.06. The van der Waals surface area contributed by atoms with E-state index in [4.69, 9.17) is 0 Å². The van der Waals surface area contributed by atoms with Crippen LogP contribution in [0.1, 0.15) is 49.7 Å². The molecule has 7 nitrogen and oxygen atoms in total. The first kappa shape index (κ1) is 24.1. The number of hydrogen-bond donors (Lipinski definition) is 3. The van der Waals surface area contributed by atoms with E-state index in [2.05, 4.69) is 5.32 Å². The van der Waals surface area contributed by atoms with Crippen molar-refractivity contribution >= 4 is 11.7 Å². The Kier molecular flexibility index (Phi) is 7.92. The predicted octanol–water partition coefficient (Wildman–Crippen LogP) is 2.18. The first-order chi connectivity index (χ1) is 15.8. The van der Waals surface area contributed by atoms with Crippen LogP contribution in [0.4, 0.5) is 0 Å². The van der Waals surface area contributed by atoms with E-state index in [0.29, 0.717) is 11.1 Å². The number of rotatable bonds is 9. The van der Waals surface area contributed by atoms with E-state index in [0.717, 1.165) is 16.7 Å². The number of aromatic nitrogens is 1. The summed E-state index contributed by atoms with van der Waals surface area (Å²) < 4.78 is 1.38. The zero-order valence-electron chi connectivity index (χ0n) is 18.7.